The lowest BCUT2D eigenvalue weighted by Gasteiger charge is -2.31. The van der Waals surface area contributed by atoms with Gasteiger partial charge in [0.1, 0.15) is 11.4 Å². The number of pyridine rings is 2. The number of nitrogens with one attached hydrogen (secondary N) is 1. The first kappa shape index (κ1) is 21.0. The second kappa shape index (κ2) is 7.78. The van der Waals surface area contributed by atoms with Gasteiger partial charge >= 0.3 is 0 Å². The number of hydrogen-bond donors (Lipinski definition) is 1. The van der Waals surface area contributed by atoms with Crippen LogP contribution >= 0.6 is 11.6 Å². The zero-order valence-electron chi connectivity index (χ0n) is 17.5. The van der Waals surface area contributed by atoms with E-state index in [2.05, 4.69) is 10.3 Å². The molecule has 0 atom stereocenters. The second-order valence-electron chi connectivity index (χ2n) is 8.66. The first-order valence-corrected chi connectivity index (χ1v) is 10.3. The quantitative estimate of drug-likeness (QED) is 0.651. The number of carbonyl (C=O) groups excluding carboxylic acids is 2. The van der Waals surface area contributed by atoms with Crippen LogP contribution in [-0.4, -0.2) is 21.2 Å². The molecule has 1 amide bonds. The van der Waals surface area contributed by atoms with Crippen molar-refractivity contribution in [3.05, 3.63) is 86.4 Å². The highest BCUT2D eigenvalue weighted by molar-refractivity contribution is 6.30. The molecule has 1 aliphatic rings. The summed E-state index contributed by atoms with van der Waals surface area (Å²) in [6.07, 6.45) is 3.78. The molecule has 1 N–H and O–H groups in total. The van der Waals surface area contributed by atoms with Crippen molar-refractivity contribution in [3.8, 4) is 5.69 Å². The maximum atomic E-state index is 13.5. The van der Waals surface area contributed by atoms with E-state index < -0.39 is 11.5 Å². The molecule has 0 aliphatic heterocycles. The molecule has 7 heteroatoms. The van der Waals surface area contributed by atoms with Gasteiger partial charge in [0, 0.05) is 30.1 Å². The van der Waals surface area contributed by atoms with Crippen molar-refractivity contribution in [2.45, 2.75) is 33.6 Å². The number of carbonyl (C=O) groups is 2. The zero-order valence-corrected chi connectivity index (χ0v) is 18.3. The Bertz CT molecular complexity index is 1240. The molecular formula is C24H22ClN3O3. The topological polar surface area (TPSA) is 81.1 Å². The van der Waals surface area contributed by atoms with E-state index in [4.69, 9.17) is 11.6 Å². The molecule has 2 heterocycles. The lowest BCUT2D eigenvalue weighted by atomic mass is 9.73. The fourth-order valence-corrected chi connectivity index (χ4v) is 4.02. The molecule has 0 fully saturated rings. The average Bonchev–Trinajstić information content (AvgIpc) is 2.69. The minimum absolute atomic E-state index is 0.0315. The van der Waals surface area contributed by atoms with Gasteiger partial charge in [-0.25, -0.2) is 4.98 Å². The van der Waals surface area contributed by atoms with Gasteiger partial charge in [0.2, 0.25) is 0 Å². The Morgan fingerprint density at radius 1 is 1.10 bits per heavy atom. The van der Waals surface area contributed by atoms with Crippen molar-refractivity contribution in [1.29, 1.82) is 0 Å². The van der Waals surface area contributed by atoms with Crippen molar-refractivity contribution >= 4 is 29.1 Å². The molecule has 0 spiro atoms. The molecule has 3 aromatic rings. The predicted octanol–water partition coefficient (Wildman–Crippen LogP) is 4.60. The summed E-state index contributed by atoms with van der Waals surface area (Å²) in [5, 5.41) is 3.11. The van der Waals surface area contributed by atoms with Gasteiger partial charge < -0.3 is 5.32 Å². The van der Waals surface area contributed by atoms with Gasteiger partial charge in [-0.3, -0.25) is 19.0 Å². The molecule has 0 saturated carbocycles. The van der Waals surface area contributed by atoms with Crippen LogP contribution < -0.4 is 10.9 Å². The molecule has 31 heavy (non-hydrogen) atoms. The fraction of sp³-hybridized carbons (Fsp3) is 0.250. The van der Waals surface area contributed by atoms with Crippen LogP contribution in [-0.2, 0) is 6.42 Å². The number of aromatic nitrogens is 2. The number of Topliss-reactive ketones (excluding diaryl/α,β-unsaturated/α-hetero) is 1. The Morgan fingerprint density at radius 2 is 1.81 bits per heavy atom. The number of rotatable bonds is 3. The van der Waals surface area contributed by atoms with Gasteiger partial charge in [0.15, 0.2) is 5.78 Å². The summed E-state index contributed by atoms with van der Waals surface area (Å²) in [6.45, 7) is 5.87. The Hall–Kier alpha value is -3.25. The molecule has 2 aromatic heterocycles. The lowest BCUT2D eigenvalue weighted by molar-refractivity contribution is 0.0910. The monoisotopic (exact) mass is 435 g/mol. The van der Waals surface area contributed by atoms with Crippen LogP contribution in [0.25, 0.3) is 5.69 Å². The van der Waals surface area contributed by atoms with Crippen LogP contribution in [0.5, 0.6) is 0 Å². The minimum Gasteiger partial charge on any atom is -0.306 e. The summed E-state index contributed by atoms with van der Waals surface area (Å²) in [6, 6.07) is 10.5. The number of halogens is 1. The highest BCUT2D eigenvalue weighted by Crippen LogP contribution is 2.36. The highest BCUT2D eigenvalue weighted by atomic mass is 35.5. The zero-order chi connectivity index (χ0) is 22.3. The van der Waals surface area contributed by atoms with E-state index >= 15 is 0 Å². The number of amides is 1. The molecule has 1 aromatic carbocycles. The van der Waals surface area contributed by atoms with Crippen LogP contribution in [0.15, 0.2) is 53.6 Å². The molecule has 1 aliphatic carbocycles. The van der Waals surface area contributed by atoms with Crippen molar-refractivity contribution in [2.24, 2.45) is 5.41 Å². The number of aryl methyl sites for hydroxylation is 1. The molecule has 6 nitrogen and oxygen atoms in total. The highest BCUT2D eigenvalue weighted by Gasteiger charge is 2.36. The Kier molecular flexibility index (Phi) is 5.27. The fourth-order valence-electron chi connectivity index (χ4n) is 3.90. The van der Waals surface area contributed by atoms with Crippen molar-refractivity contribution in [2.75, 3.05) is 5.32 Å². The van der Waals surface area contributed by atoms with Crippen LogP contribution in [0.3, 0.4) is 0 Å². The molecule has 0 radical (unpaired) electrons. The van der Waals surface area contributed by atoms with Crippen molar-refractivity contribution in [1.82, 2.24) is 9.55 Å². The number of nitrogens with zero attached hydrogens (tertiary/aromatic N) is 2. The van der Waals surface area contributed by atoms with Gasteiger partial charge in [-0.05, 0) is 48.6 Å². The number of anilines is 1. The summed E-state index contributed by atoms with van der Waals surface area (Å²) in [5.41, 5.74) is 1.68. The Morgan fingerprint density at radius 3 is 2.45 bits per heavy atom. The van der Waals surface area contributed by atoms with Crippen molar-refractivity contribution in [3.63, 3.8) is 0 Å². The first-order chi connectivity index (χ1) is 14.6. The molecule has 0 bridgehead atoms. The molecule has 0 saturated heterocycles. The van der Waals surface area contributed by atoms with E-state index in [0.717, 1.165) is 5.56 Å². The third-order valence-electron chi connectivity index (χ3n) is 5.42. The summed E-state index contributed by atoms with van der Waals surface area (Å²) in [7, 11) is 0. The number of fused-ring (bicyclic) bond motifs is 1. The largest absolute Gasteiger partial charge is 0.306 e. The number of hydrogen-bond acceptors (Lipinski definition) is 4. The van der Waals surface area contributed by atoms with Crippen LogP contribution in [0.2, 0.25) is 5.02 Å². The van der Waals surface area contributed by atoms with Crippen molar-refractivity contribution < 1.29 is 9.59 Å². The Balaban J connectivity index is 1.90. The van der Waals surface area contributed by atoms with E-state index in [-0.39, 0.29) is 22.6 Å². The molecule has 158 valence electrons. The maximum Gasteiger partial charge on any atom is 0.268 e. The second-order valence-corrected chi connectivity index (χ2v) is 9.10. The van der Waals surface area contributed by atoms with Gasteiger partial charge in [0.25, 0.3) is 11.5 Å². The number of benzene rings is 1. The van der Waals surface area contributed by atoms with Crippen LogP contribution in [0, 0.1) is 12.3 Å². The predicted molar refractivity (Wildman–Crippen MR) is 120 cm³/mol. The van der Waals surface area contributed by atoms with E-state index in [0.29, 0.717) is 34.7 Å². The summed E-state index contributed by atoms with van der Waals surface area (Å²) in [5.74, 6) is -0.400. The Labute approximate surface area is 184 Å². The maximum absolute atomic E-state index is 13.5. The van der Waals surface area contributed by atoms with Gasteiger partial charge in [0.05, 0.1) is 5.02 Å². The third kappa shape index (κ3) is 4.16. The SMILES string of the molecule is Cc1ccc(-n2cc3c(c(C(=O)Nc4ccc(Cl)cn4)c2=O)CC(C)(C)CC3=O)cc1. The van der Waals surface area contributed by atoms with Crippen LogP contribution in [0.1, 0.15) is 52.1 Å². The smallest absolute Gasteiger partial charge is 0.268 e. The van der Waals surface area contributed by atoms with E-state index in [1.54, 1.807) is 30.5 Å². The lowest BCUT2D eigenvalue weighted by Crippen LogP contribution is -2.37. The van der Waals surface area contributed by atoms with E-state index in [9.17, 15) is 14.4 Å². The van der Waals surface area contributed by atoms with Crippen LogP contribution in [0.4, 0.5) is 5.82 Å². The van der Waals surface area contributed by atoms with Gasteiger partial charge in [-0.15, -0.1) is 0 Å². The summed E-state index contributed by atoms with van der Waals surface area (Å²) >= 11 is 5.87. The van der Waals surface area contributed by atoms with E-state index in [1.807, 2.05) is 32.9 Å². The summed E-state index contributed by atoms with van der Waals surface area (Å²) < 4.78 is 1.37. The number of ketones is 1. The third-order valence-corrected chi connectivity index (χ3v) is 5.64. The van der Waals surface area contributed by atoms with Gasteiger partial charge in [-0.1, -0.05) is 43.1 Å². The molecule has 0 unspecified atom stereocenters. The molecule has 4 rings (SSSR count). The summed E-state index contributed by atoms with van der Waals surface area (Å²) in [4.78, 5) is 43.7. The minimum atomic E-state index is -0.594. The average molecular weight is 436 g/mol. The standard InChI is InChI=1S/C24H22ClN3O3/c1-14-4-7-16(8-5-14)28-13-18-17(10-24(2,3)11-19(18)29)21(23(28)31)22(30)27-20-9-6-15(25)12-26-20/h4-9,12-13H,10-11H2,1-3H3,(H,26,27,30). The first-order valence-electron chi connectivity index (χ1n) is 9.96. The normalized spacial score (nSPS) is 14.8. The van der Waals surface area contributed by atoms with E-state index in [1.165, 1.54) is 10.8 Å². The van der Waals surface area contributed by atoms with Gasteiger partial charge in [-0.2, -0.15) is 0 Å². The molecular weight excluding hydrogens is 414 g/mol.